The number of rotatable bonds is 2. The SMILES string of the molecule is CN(c1ccc(F)c(F)c1)C1CCCCC1. The van der Waals surface area contributed by atoms with Gasteiger partial charge in [-0.05, 0) is 25.0 Å². The summed E-state index contributed by atoms with van der Waals surface area (Å²) in [5.41, 5.74) is 0.769. The van der Waals surface area contributed by atoms with Gasteiger partial charge in [0, 0.05) is 24.8 Å². The highest BCUT2D eigenvalue weighted by Gasteiger charge is 2.18. The van der Waals surface area contributed by atoms with E-state index in [9.17, 15) is 8.78 Å². The lowest BCUT2D eigenvalue weighted by molar-refractivity contribution is 0.426. The molecule has 0 atom stereocenters. The largest absolute Gasteiger partial charge is 0.372 e. The van der Waals surface area contributed by atoms with E-state index >= 15 is 0 Å². The summed E-state index contributed by atoms with van der Waals surface area (Å²) in [7, 11) is 1.96. The van der Waals surface area contributed by atoms with Gasteiger partial charge < -0.3 is 4.90 Å². The first-order valence-electron chi connectivity index (χ1n) is 5.86. The minimum atomic E-state index is -0.777. The van der Waals surface area contributed by atoms with Gasteiger partial charge in [0.25, 0.3) is 0 Å². The van der Waals surface area contributed by atoms with Gasteiger partial charge in [0.2, 0.25) is 0 Å². The Kier molecular flexibility index (Phi) is 3.42. The molecule has 1 aliphatic rings. The molecule has 1 aliphatic carbocycles. The monoisotopic (exact) mass is 225 g/mol. The second-order valence-electron chi connectivity index (χ2n) is 4.50. The van der Waals surface area contributed by atoms with Crippen molar-refractivity contribution in [3.05, 3.63) is 29.8 Å². The van der Waals surface area contributed by atoms with Gasteiger partial charge in [-0.1, -0.05) is 19.3 Å². The van der Waals surface area contributed by atoms with Crippen LogP contribution >= 0.6 is 0 Å². The average Bonchev–Trinajstić information content (AvgIpc) is 2.33. The van der Waals surface area contributed by atoms with Gasteiger partial charge in [-0.15, -0.1) is 0 Å². The smallest absolute Gasteiger partial charge is 0.160 e. The number of anilines is 1. The number of hydrogen-bond acceptors (Lipinski definition) is 1. The summed E-state index contributed by atoms with van der Waals surface area (Å²) >= 11 is 0. The zero-order valence-corrected chi connectivity index (χ0v) is 9.55. The summed E-state index contributed by atoms with van der Waals surface area (Å²) in [5, 5.41) is 0. The Bertz CT molecular complexity index is 359. The topological polar surface area (TPSA) is 3.24 Å². The Morgan fingerprint density at radius 3 is 2.38 bits per heavy atom. The van der Waals surface area contributed by atoms with E-state index in [0.29, 0.717) is 6.04 Å². The Labute approximate surface area is 95.1 Å². The predicted molar refractivity (Wildman–Crippen MR) is 61.6 cm³/mol. The quantitative estimate of drug-likeness (QED) is 0.741. The number of halogens is 2. The number of hydrogen-bond donors (Lipinski definition) is 0. The van der Waals surface area contributed by atoms with Crippen molar-refractivity contribution in [3.63, 3.8) is 0 Å². The number of nitrogens with zero attached hydrogens (tertiary/aromatic N) is 1. The molecular formula is C13H17F2N. The predicted octanol–water partition coefficient (Wildman–Crippen LogP) is 3.73. The Hall–Kier alpha value is -1.12. The summed E-state index contributed by atoms with van der Waals surface area (Å²) in [5.74, 6) is -1.54. The van der Waals surface area contributed by atoms with E-state index in [4.69, 9.17) is 0 Å². The van der Waals surface area contributed by atoms with Gasteiger partial charge >= 0.3 is 0 Å². The maximum absolute atomic E-state index is 13.1. The lowest BCUT2D eigenvalue weighted by Gasteiger charge is -2.33. The molecule has 0 amide bonds. The molecule has 0 saturated heterocycles. The molecule has 0 bridgehead atoms. The van der Waals surface area contributed by atoms with E-state index in [-0.39, 0.29) is 0 Å². The number of benzene rings is 1. The molecule has 1 nitrogen and oxygen atoms in total. The molecule has 1 aromatic carbocycles. The van der Waals surface area contributed by atoms with Crippen molar-refractivity contribution >= 4 is 5.69 Å². The van der Waals surface area contributed by atoms with Gasteiger partial charge in [-0.3, -0.25) is 0 Å². The third kappa shape index (κ3) is 2.34. The first kappa shape index (κ1) is 11.4. The van der Waals surface area contributed by atoms with Crippen LogP contribution in [0.15, 0.2) is 18.2 Å². The third-order valence-corrected chi connectivity index (χ3v) is 3.43. The molecule has 0 heterocycles. The summed E-state index contributed by atoms with van der Waals surface area (Å²) in [6.45, 7) is 0. The van der Waals surface area contributed by atoms with Gasteiger partial charge in [-0.2, -0.15) is 0 Å². The van der Waals surface area contributed by atoms with Crippen LogP contribution in [0.4, 0.5) is 14.5 Å². The van der Waals surface area contributed by atoms with Gasteiger partial charge in [0.05, 0.1) is 0 Å². The Morgan fingerprint density at radius 1 is 1.06 bits per heavy atom. The average molecular weight is 225 g/mol. The highest BCUT2D eigenvalue weighted by Crippen LogP contribution is 2.26. The normalized spacial score (nSPS) is 17.4. The maximum Gasteiger partial charge on any atom is 0.160 e. The van der Waals surface area contributed by atoms with Crippen LogP contribution in [0, 0.1) is 11.6 Å². The lowest BCUT2D eigenvalue weighted by Crippen LogP contribution is -2.33. The molecule has 1 saturated carbocycles. The molecule has 0 aromatic heterocycles. The molecule has 0 unspecified atom stereocenters. The van der Waals surface area contributed by atoms with Crippen molar-refractivity contribution in [2.24, 2.45) is 0 Å². The van der Waals surface area contributed by atoms with E-state index in [1.807, 2.05) is 7.05 Å². The highest BCUT2D eigenvalue weighted by molar-refractivity contribution is 5.47. The van der Waals surface area contributed by atoms with Gasteiger partial charge in [0.15, 0.2) is 11.6 Å². The lowest BCUT2D eigenvalue weighted by atomic mass is 9.94. The zero-order chi connectivity index (χ0) is 11.5. The summed E-state index contributed by atoms with van der Waals surface area (Å²) in [4.78, 5) is 2.07. The fourth-order valence-electron chi connectivity index (χ4n) is 2.38. The van der Waals surface area contributed by atoms with Crippen LogP contribution < -0.4 is 4.90 Å². The van der Waals surface area contributed by atoms with Crippen LogP contribution in [-0.4, -0.2) is 13.1 Å². The fourth-order valence-corrected chi connectivity index (χ4v) is 2.38. The van der Waals surface area contributed by atoms with E-state index in [1.54, 1.807) is 6.07 Å². The van der Waals surface area contributed by atoms with E-state index in [2.05, 4.69) is 4.90 Å². The van der Waals surface area contributed by atoms with E-state index in [0.717, 1.165) is 18.5 Å². The van der Waals surface area contributed by atoms with Crippen LogP contribution in [0.2, 0.25) is 0 Å². The summed E-state index contributed by atoms with van der Waals surface area (Å²) in [6.07, 6.45) is 6.06. The molecule has 0 N–H and O–H groups in total. The van der Waals surface area contributed by atoms with Crippen molar-refractivity contribution in [2.45, 2.75) is 38.1 Å². The van der Waals surface area contributed by atoms with Gasteiger partial charge in [-0.25, -0.2) is 8.78 Å². The molecule has 88 valence electrons. The van der Waals surface area contributed by atoms with E-state index < -0.39 is 11.6 Å². The van der Waals surface area contributed by atoms with Crippen LogP contribution in [0.25, 0.3) is 0 Å². The van der Waals surface area contributed by atoms with Crippen molar-refractivity contribution in [1.29, 1.82) is 0 Å². The first-order valence-corrected chi connectivity index (χ1v) is 5.86. The second kappa shape index (κ2) is 4.81. The zero-order valence-electron chi connectivity index (χ0n) is 9.55. The molecule has 1 fully saturated rings. The van der Waals surface area contributed by atoms with Crippen molar-refractivity contribution < 1.29 is 8.78 Å². The third-order valence-electron chi connectivity index (χ3n) is 3.43. The van der Waals surface area contributed by atoms with Crippen LogP contribution in [-0.2, 0) is 0 Å². The molecule has 16 heavy (non-hydrogen) atoms. The summed E-state index contributed by atoms with van der Waals surface area (Å²) in [6, 6.07) is 4.60. The fraction of sp³-hybridized carbons (Fsp3) is 0.538. The summed E-state index contributed by atoms with van der Waals surface area (Å²) < 4.78 is 25.9. The molecule has 3 heteroatoms. The second-order valence-corrected chi connectivity index (χ2v) is 4.50. The Balaban J connectivity index is 2.12. The van der Waals surface area contributed by atoms with E-state index in [1.165, 1.54) is 31.4 Å². The minimum absolute atomic E-state index is 0.471. The Morgan fingerprint density at radius 2 is 1.75 bits per heavy atom. The molecule has 1 aromatic rings. The minimum Gasteiger partial charge on any atom is -0.372 e. The highest BCUT2D eigenvalue weighted by atomic mass is 19.2. The first-order chi connectivity index (χ1) is 7.68. The molecule has 0 spiro atoms. The van der Waals surface area contributed by atoms with Crippen molar-refractivity contribution in [3.8, 4) is 0 Å². The van der Waals surface area contributed by atoms with Crippen molar-refractivity contribution in [1.82, 2.24) is 0 Å². The van der Waals surface area contributed by atoms with Crippen LogP contribution in [0.1, 0.15) is 32.1 Å². The molecule has 0 aliphatic heterocycles. The molecule has 2 rings (SSSR count). The van der Waals surface area contributed by atoms with Crippen molar-refractivity contribution in [2.75, 3.05) is 11.9 Å². The van der Waals surface area contributed by atoms with Crippen LogP contribution in [0.3, 0.4) is 0 Å². The maximum atomic E-state index is 13.1. The molecule has 0 radical (unpaired) electrons. The standard InChI is InChI=1S/C13H17F2N/c1-16(10-5-3-2-4-6-10)11-7-8-12(14)13(15)9-11/h7-10H,2-6H2,1H3. The molecular weight excluding hydrogens is 208 g/mol. The van der Waals surface area contributed by atoms with Crippen LogP contribution in [0.5, 0.6) is 0 Å². The van der Waals surface area contributed by atoms with Gasteiger partial charge in [0.1, 0.15) is 0 Å².